The second-order valence-corrected chi connectivity index (χ2v) is 10.4. The summed E-state index contributed by atoms with van der Waals surface area (Å²) in [7, 11) is 0. The Hall–Kier alpha value is -3.87. The van der Waals surface area contributed by atoms with Gasteiger partial charge in [-0.25, -0.2) is 28.1 Å². The van der Waals surface area contributed by atoms with E-state index in [0.29, 0.717) is 10.4 Å². The Labute approximate surface area is 218 Å². The predicted octanol–water partition coefficient (Wildman–Crippen LogP) is 4.76. The van der Waals surface area contributed by atoms with E-state index in [0.717, 1.165) is 62.7 Å². The molecule has 1 spiro atoms. The van der Waals surface area contributed by atoms with E-state index in [2.05, 4.69) is 25.6 Å². The van der Waals surface area contributed by atoms with E-state index in [-0.39, 0.29) is 28.3 Å². The molecule has 204 valence electrons. The number of nitrogens with one attached hydrogen (secondary N) is 2. The fourth-order valence-corrected chi connectivity index (χ4v) is 5.18. The van der Waals surface area contributed by atoms with E-state index in [1.54, 1.807) is 0 Å². The van der Waals surface area contributed by atoms with Gasteiger partial charge in [-0.05, 0) is 68.5 Å². The third-order valence-electron chi connectivity index (χ3n) is 7.10. The first-order valence-electron chi connectivity index (χ1n) is 12.4. The molecule has 1 fully saturated rings. The molecule has 4 heterocycles. The highest BCUT2D eigenvalue weighted by Crippen LogP contribution is 2.49. The van der Waals surface area contributed by atoms with E-state index in [4.69, 9.17) is 0 Å². The number of halogens is 5. The number of hydrogen-bond donors (Lipinski definition) is 2. The first-order chi connectivity index (χ1) is 18.3. The van der Waals surface area contributed by atoms with Crippen LogP contribution < -0.4 is 16.2 Å². The van der Waals surface area contributed by atoms with Gasteiger partial charge in [-0.1, -0.05) is 6.07 Å². The molecule has 0 unspecified atom stereocenters. The monoisotopic (exact) mass is 545 g/mol. The fraction of sp³-hybridized carbons (Fsp3) is 0.385. The summed E-state index contributed by atoms with van der Waals surface area (Å²) >= 11 is 0. The molecule has 0 amide bonds. The molecular weight excluding hydrogens is 521 g/mol. The van der Waals surface area contributed by atoms with Gasteiger partial charge in [0, 0.05) is 24.0 Å². The highest BCUT2D eigenvalue weighted by Gasteiger charge is 2.46. The molecule has 1 saturated carbocycles. The third-order valence-corrected chi connectivity index (χ3v) is 7.10. The molecule has 2 aliphatic rings. The first kappa shape index (κ1) is 25.4. The minimum absolute atomic E-state index is 0.0311. The van der Waals surface area contributed by atoms with Gasteiger partial charge >= 0.3 is 6.18 Å². The Morgan fingerprint density at radius 2 is 1.87 bits per heavy atom. The van der Waals surface area contributed by atoms with Crippen LogP contribution in [0.15, 0.2) is 41.3 Å². The molecule has 3 aromatic heterocycles. The van der Waals surface area contributed by atoms with Crippen LogP contribution in [0.4, 0.5) is 33.6 Å². The highest BCUT2D eigenvalue weighted by molar-refractivity contribution is 5.77. The van der Waals surface area contributed by atoms with Crippen LogP contribution in [0, 0.1) is 5.82 Å². The lowest BCUT2D eigenvalue weighted by Gasteiger charge is -2.27. The third kappa shape index (κ3) is 4.54. The molecule has 1 aromatic carbocycles. The van der Waals surface area contributed by atoms with Crippen molar-refractivity contribution in [2.75, 3.05) is 11.9 Å². The van der Waals surface area contributed by atoms with Crippen LogP contribution >= 0.6 is 0 Å². The Balaban J connectivity index is 1.46. The molecule has 0 atom stereocenters. The molecule has 0 bridgehead atoms. The van der Waals surface area contributed by atoms with Crippen LogP contribution in [0.1, 0.15) is 43.5 Å². The van der Waals surface area contributed by atoms with Crippen LogP contribution in [0.25, 0.3) is 16.9 Å². The summed E-state index contributed by atoms with van der Waals surface area (Å²) in [5.74, 6) is -1.24. The van der Waals surface area contributed by atoms with E-state index in [1.807, 2.05) is 18.2 Å². The van der Waals surface area contributed by atoms with Crippen LogP contribution in [0.5, 0.6) is 0 Å². The number of rotatable bonds is 5. The summed E-state index contributed by atoms with van der Waals surface area (Å²) < 4.78 is 70.6. The summed E-state index contributed by atoms with van der Waals surface area (Å²) in [6.45, 7) is 1.34. The normalized spacial score (nSPS) is 16.5. The van der Waals surface area contributed by atoms with Crippen molar-refractivity contribution in [2.45, 2.75) is 57.0 Å². The van der Waals surface area contributed by atoms with Crippen LogP contribution in [0.2, 0.25) is 0 Å². The molecule has 2 N–H and O–H groups in total. The molecular formula is C26H24F5N7O. The minimum atomic E-state index is -4.77. The largest absolute Gasteiger partial charge is 0.408 e. The average Bonchev–Trinajstić information content (AvgIpc) is 3.57. The number of fused-ring (bicyclic) bond motifs is 3. The van der Waals surface area contributed by atoms with Crippen LogP contribution in [0.3, 0.4) is 0 Å². The van der Waals surface area contributed by atoms with Gasteiger partial charge in [0.25, 0.3) is 5.56 Å². The molecule has 1 aliphatic heterocycles. The van der Waals surface area contributed by atoms with E-state index >= 15 is 0 Å². The summed E-state index contributed by atoms with van der Waals surface area (Å²) in [6.07, 6.45) is -0.643. The molecule has 0 saturated heterocycles. The van der Waals surface area contributed by atoms with Gasteiger partial charge in [-0.15, -0.1) is 0 Å². The predicted molar refractivity (Wildman–Crippen MR) is 133 cm³/mol. The van der Waals surface area contributed by atoms with Gasteiger partial charge in [0.05, 0.1) is 0 Å². The first-order valence-corrected chi connectivity index (χ1v) is 12.4. The smallest absolute Gasteiger partial charge is 0.324 e. The van der Waals surface area contributed by atoms with Crippen molar-refractivity contribution in [2.24, 2.45) is 0 Å². The van der Waals surface area contributed by atoms with Gasteiger partial charge in [0.15, 0.2) is 11.5 Å². The zero-order valence-electron chi connectivity index (χ0n) is 21.0. The quantitative estimate of drug-likeness (QED) is 0.352. The number of aromatic nitrogens is 5. The zero-order chi connectivity index (χ0) is 27.7. The Morgan fingerprint density at radius 1 is 1.10 bits per heavy atom. The maximum Gasteiger partial charge on any atom is 0.408 e. The van der Waals surface area contributed by atoms with Crippen molar-refractivity contribution in [1.29, 1.82) is 0 Å². The highest BCUT2D eigenvalue weighted by atomic mass is 19.4. The number of anilines is 2. The van der Waals surface area contributed by atoms with E-state index in [9.17, 15) is 26.7 Å². The standard InChI is InChI=1S/C26H24F5N7O/c1-24(2,28)20-18(27)5-6-19(35-20)38-21-16(22(39)37(38)13-26(29,30)31)12-32-23(36-21)34-15-3-4-17-14(11-15)7-10-33-25(17)8-9-25/h3-6,11-12,33H,7-10,13H2,1-2H3,(H,32,34,36). The number of hydrogen-bond acceptors (Lipinski definition) is 6. The van der Waals surface area contributed by atoms with Crippen molar-refractivity contribution in [3.63, 3.8) is 0 Å². The molecule has 39 heavy (non-hydrogen) atoms. The maximum absolute atomic E-state index is 14.6. The summed E-state index contributed by atoms with van der Waals surface area (Å²) in [6, 6.07) is 7.86. The molecule has 13 heteroatoms. The Morgan fingerprint density at radius 3 is 2.56 bits per heavy atom. The van der Waals surface area contributed by atoms with Crippen molar-refractivity contribution >= 4 is 22.7 Å². The SMILES string of the molecule is CC(C)(F)c1nc(-n2c3nc(Nc4ccc5c(c4)CCNC54CC4)ncc3c(=O)n2CC(F)(F)F)ccc1F. The molecule has 6 rings (SSSR count). The van der Waals surface area contributed by atoms with Crippen molar-refractivity contribution in [3.8, 4) is 5.82 Å². The lowest BCUT2D eigenvalue weighted by atomic mass is 9.92. The second kappa shape index (κ2) is 8.57. The number of pyridine rings is 1. The fourth-order valence-electron chi connectivity index (χ4n) is 5.18. The lowest BCUT2D eigenvalue weighted by Crippen LogP contribution is -2.36. The van der Waals surface area contributed by atoms with Gasteiger partial charge in [0.2, 0.25) is 5.95 Å². The topological polar surface area (TPSA) is 89.7 Å². The molecule has 8 nitrogen and oxygen atoms in total. The van der Waals surface area contributed by atoms with E-state index in [1.165, 1.54) is 11.1 Å². The molecule has 0 radical (unpaired) electrons. The number of benzene rings is 1. The number of nitrogens with zero attached hydrogens (tertiary/aromatic N) is 5. The van der Waals surface area contributed by atoms with E-state index < -0.39 is 35.5 Å². The lowest BCUT2D eigenvalue weighted by molar-refractivity contribution is -0.144. The zero-order valence-corrected chi connectivity index (χ0v) is 21.0. The average molecular weight is 546 g/mol. The summed E-state index contributed by atoms with van der Waals surface area (Å²) in [5, 5.41) is 6.42. The minimum Gasteiger partial charge on any atom is -0.324 e. The van der Waals surface area contributed by atoms with Gasteiger partial charge in [-0.3, -0.25) is 4.79 Å². The number of alkyl halides is 4. The Bertz CT molecular complexity index is 1660. The van der Waals surface area contributed by atoms with Gasteiger partial charge in [-0.2, -0.15) is 18.2 Å². The van der Waals surface area contributed by atoms with Gasteiger partial charge < -0.3 is 10.6 Å². The molecule has 4 aromatic rings. The van der Waals surface area contributed by atoms with Crippen LogP contribution in [-0.2, 0) is 24.2 Å². The maximum atomic E-state index is 14.6. The summed E-state index contributed by atoms with van der Waals surface area (Å²) in [4.78, 5) is 25.4. The Kier molecular flexibility index (Phi) is 5.58. The van der Waals surface area contributed by atoms with Crippen molar-refractivity contribution < 1.29 is 22.0 Å². The molecule has 1 aliphatic carbocycles. The van der Waals surface area contributed by atoms with Crippen LogP contribution in [-0.4, -0.2) is 37.0 Å². The van der Waals surface area contributed by atoms with Gasteiger partial charge in [0.1, 0.15) is 29.1 Å². The summed E-state index contributed by atoms with van der Waals surface area (Å²) in [5.41, 5.74) is -0.896. The van der Waals surface area contributed by atoms with Crippen molar-refractivity contribution in [3.05, 3.63) is 69.5 Å². The second-order valence-electron chi connectivity index (χ2n) is 10.4. The van der Waals surface area contributed by atoms with Crippen molar-refractivity contribution in [1.82, 2.24) is 29.6 Å².